The molecule has 3 rings (SSSR count). The maximum Gasteiger partial charge on any atom is 0.414 e. The number of anilines is 1. The van der Waals surface area contributed by atoms with Crippen LogP contribution < -0.4 is 15.5 Å². The summed E-state index contributed by atoms with van der Waals surface area (Å²) < 4.78 is 20.2. The summed E-state index contributed by atoms with van der Waals surface area (Å²) in [6.07, 6.45) is 0.591. The SMILES string of the molecule is CCc1cc(N2CC(CNC(C)=O)OC2=O)cc(F)c1C1CCC(=O)NC1. The van der Waals surface area contributed by atoms with Crippen molar-refractivity contribution in [3.8, 4) is 0 Å². The predicted octanol–water partition coefficient (Wildman–Crippen LogP) is 1.84. The Morgan fingerprint density at radius 3 is 2.81 bits per heavy atom. The molecule has 1 aromatic rings. The number of rotatable bonds is 5. The summed E-state index contributed by atoms with van der Waals surface area (Å²) in [5.41, 5.74) is 1.89. The first-order chi connectivity index (χ1) is 12.9. The summed E-state index contributed by atoms with van der Waals surface area (Å²) in [4.78, 5) is 36.0. The molecular formula is C19H24FN3O4. The number of nitrogens with zero attached hydrogens (tertiary/aromatic N) is 1. The van der Waals surface area contributed by atoms with Gasteiger partial charge in [0.2, 0.25) is 11.8 Å². The lowest BCUT2D eigenvalue weighted by Crippen LogP contribution is -2.34. The van der Waals surface area contributed by atoms with Crippen molar-refractivity contribution in [2.45, 2.75) is 45.1 Å². The topological polar surface area (TPSA) is 87.7 Å². The second-order valence-electron chi connectivity index (χ2n) is 6.95. The molecule has 2 atom stereocenters. The van der Waals surface area contributed by atoms with Crippen molar-refractivity contribution in [2.24, 2.45) is 0 Å². The average Bonchev–Trinajstić information content (AvgIpc) is 3.01. The van der Waals surface area contributed by atoms with Gasteiger partial charge in [0.25, 0.3) is 0 Å². The van der Waals surface area contributed by atoms with Crippen molar-refractivity contribution >= 4 is 23.6 Å². The number of carbonyl (C=O) groups excluding carboxylic acids is 3. The summed E-state index contributed by atoms with van der Waals surface area (Å²) in [7, 11) is 0. The zero-order chi connectivity index (χ0) is 19.6. The van der Waals surface area contributed by atoms with Crippen LogP contribution in [0.5, 0.6) is 0 Å². The molecule has 7 nitrogen and oxygen atoms in total. The highest BCUT2D eigenvalue weighted by atomic mass is 19.1. The Balaban J connectivity index is 1.81. The number of nitrogens with one attached hydrogen (secondary N) is 2. The monoisotopic (exact) mass is 377 g/mol. The molecule has 2 N–H and O–H groups in total. The van der Waals surface area contributed by atoms with Crippen LogP contribution in [0, 0.1) is 5.82 Å². The van der Waals surface area contributed by atoms with E-state index in [-0.39, 0.29) is 36.6 Å². The van der Waals surface area contributed by atoms with Gasteiger partial charge in [0.05, 0.1) is 18.8 Å². The first kappa shape index (κ1) is 19.1. The molecule has 2 aliphatic heterocycles. The molecule has 27 heavy (non-hydrogen) atoms. The van der Waals surface area contributed by atoms with Crippen LogP contribution in [0.4, 0.5) is 14.9 Å². The molecule has 0 spiro atoms. The van der Waals surface area contributed by atoms with E-state index in [4.69, 9.17) is 4.74 Å². The molecule has 0 radical (unpaired) electrons. The third-order valence-corrected chi connectivity index (χ3v) is 5.02. The van der Waals surface area contributed by atoms with Gasteiger partial charge in [0, 0.05) is 25.8 Å². The second kappa shape index (κ2) is 7.94. The molecule has 146 valence electrons. The van der Waals surface area contributed by atoms with Gasteiger partial charge in [-0.15, -0.1) is 0 Å². The molecule has 3 amide bonds. The van der Waals surface area contributed by atoms with Crippen LogP contribution in [-0.4, -0.2) is 43.6 Å². The van der Waals surface area contributed by atoms with E-state index in [1.165, 1.54) is 17.9 Å². The van der Waals surface area contributed by atoms with Crippen molar-refractivity contribution in [1.29, 1.82) is 0 Å². The van der Waals surface area contributed by atoms with E-state index in [2.05, 4.69) is 10.6 Å². The number of benzene rings is 1. The van der Waals surface area contributed by atoms with Crippen molar-refractivity contribution in [1.82, 2.24) is 10.6 Å². The first-order valence-corrected chi connectivity index (χ1v) is 9.20. The highest BCUT2D eigenvalue weighted by Gasteiger charge is 2.34. The number of hydrogen-bond acceptors (Lipinski definition) is 4. The minimum Gasteiger partial charge on any atom is -0.442 e. The van der Waals surface area contributed by atoms with E-state index < -0.39 is 12.2 Å². The van der Waals surface area contributed by atoms with Gasteiger partial charge in [0.15, 0.2) is 0 Å². The fourth-order valence-corrected chi connectivity index (χ4v) is 3.64. The lowest BCUT2D eigenvalue weighted by atomic mass is 9.86. The molecular weight excluding hydrogens is 353 g/mol. The lowest BCUT2D eigenvalue weighted by molar-refractivity contribution is -0.122. The minimum atomic E-state index is -0.551. The van der Waals surface area contributed by atoms with E-state index in [0.29, 0.717) is 37.1 Å². The predicted molar refractivity (Wildman–Crippen MR) is 97.1 cm³/mol. The van der Waals surface area contributed by atoms with Gasteiger partial charge in [-0.2, -0.15) is 0 Å². The zero-order valence-corrected chi connectivity index (χ0v) is 15.5. The standard InChI is InChI=1S/C19H24FN3O4/c1-3-12-6-14(23-10-15(27-19(23)26)9-21-11(2)24)7-16(20)18(12)13-4-5-17(25)22-8-13/h6-7,13,15H,3-5,8-10H2,1-2H3,(H,21,24)(H,22,25). The lowest BCUT2D eigenvalue weighted by Gasteiger charge is -2.26. The van der Waals surface area contributed by atoms with Gasteiger partial charge < -0.3 is 15.4 Å². The van der Waals surface area contributed by atoms with Crippen molar-refractivity contribution in [2.75, 3.05) is 24.5 Å². The van der Waals surface area contributed by atoms with Gasteiger partial charge in [0.1, 0.15) is 11.9 Å². The third kappa shape index (κ3) is 4.20. The fraction of sp³-hybridized carbons (Fsp3) is 0.526. The Morgan fingerprint density at radius 1 is 1.41 bits per heavy atom. The fourth-order valence-electron chi connectivity index (χ4n) is 3.64. The van der Waals surface area contributed by atoms with Crippen LogP contribution in [0.2, 0.25) is 0 Å². The number of halogens is 1. The normalized spacial score (nSPS) is 22.4. The van der Waals surface area contributed by atoms with Crippen LogP contribution in [0.1, 0.15) is 43.7 Å². The van der Waals surface area contributed by atoms with E-state index in [1.54, 1.807) is 0 Å². The van der Waals surface area contributed by atoms with Crippen LogP contribution in [0.15, 0.2) is 12.1 Å². The van der Waals surface area contributed by atoms with Gasteiger partial charge in [-0.1, -0.05) is 6.92 Å². The summed E-state index contributed by atoms with van der Waals surface area (Å²) >= 11 is 0. The molecule has 2 heterocycles. The number of ether oxygens (including phenoxy) is 1. The number of amides is 3. The molecule has 2 fully saturated rings. The molecule has 8 heteroatoms. The quantitative estimate of drug-likeness (QED) is 0.820. The summed E-state index contributed by atoms with van der Waals surface area (Å²) in [5, 5.41) is 5.41. The molecule has 2 saturated heterocycles. The summed E-state index contributed by atoms with van der Waals surface area (Å²) in [5.74, 6) is -0.646. The molecule has 0 saturated carbocycles. The Hall–Kier alpha value is -2.64. The number of piperidine rings is 1. The number of aryl methyl sites for hydroxylation is 1. The molecule has 0 aliphatic carbocycles. The van der Waals surface area contributed by atoms with Crippen molar-refractivity contribution < 1.29 is 23.5 Å². The number of carbonyl (C=O) groups is 3. The van der Waals surface area contributed by atoms with Gasteiger partial charge in [-0.3, -0.25) is 14.5 Å². The Bertz CT molecular complexity index is 758. The van der Waals surface area contributed by atoms with Crippen LogP contribution in [0.3, 0.4) is 0 Å². The first-order valence-electron chi connectivity index (χ1n) is 9.20. The third-order valence-electron chi connectivity index (χ3n) is 5.02. The molecule has 0 bridgehead atoms. The van der Waals surface area contributed by atoms with E-state index in [9.17, 15) is 18.8 Å². The van der Waals surface area contributed by atoms with E-state index >= 15 is 0 Å². The van der Waals surface area contributed by atoms with Gasteiger partial charge in [-0.25, -0.2) is 9.18 Å². The van der Waals surface area contributed by atoms with Crippen LogP contribution in [-0.2, 0) is 20.7 Å². The van der Waals surface area contributed by atoms with Crippen molar-refractivity contribution in [3.05, 3.63) is 29.1 Å². The molecule has 2 aliphatic rings. The zero-order valence-electron chi connectivity index (χ0n) is 15.5. The molecule has 2 unspecified atom stereocenters. The highest BCUT2D eigenvalue weighted by Crippen LogP contribution is 2.33. The maximum atomic E-state index is 15.0. The largest absolute Gasteiger partial charge is 0.442 e. The molecule has 0 aromatic heterocycles. The number of cyclic esters (lactones) is 1. The Morgan fingerprint density at radius 2 is 2.19 bits per heavy atom. The molecule has 1 aromatic carbocycles. The summed E-state index contributed by atoms with van der Waals surface area (Å²) in [6.45, 7) is 4.23. The van der Waals surface area contributed by atoms with Crippen LogP contribution >= 0.6 is 0 Å². The van der Waals surface area contributed by atoms with E-state index in [0.717, 1.165) is 5.56 Å². The smallest absolute Gasteiger partial charge is 0.414 e. The average molecular weight is 377 g/mol. The number of hydrogen-bond donors (Lipinski definition) is 2. The van der Waals surface area contributed by atoms with Crippen molar-refractivity contribution in [3.63, 3.8) is 0 Å². The Kier molecular flexibility index (Phi) is 5.62. The Labute approximate surface area is 157 Å². The van der Waals surface area contributed by atoms with Crippen LogP contribution in [0.25, 0.3) is 0 Å². The second-order valence-corrected chi connectivity index (χ2v) is 6.95. The summed E-state index contributed by atoms with van der Waals surface area (Å²) in [6, 6.07) is 3.17. The van der Waals surface area contributed by atoms with E-state index in [1.807, 2.05) is 13.0 Å². The minimum absolute atomic E-state index is 0.00801. The van der Waals surface area contributed by atoms with Gasteiger partial charge in [-0.05, 0) is 36.1 Å². The maximum absolute atomic E-state index is 15.0. The van der Waals surface area contributed by atoms with Gasteiger partial charge >= 0.3 is 6.09 Å². The highest BCUT2D eigenvalue weighted by molar-refractivity contribution is 5.90.